The molecule has 29 heavy (non-hydrogen) atoms. The van der Waals surface area contributed by atoms with Crippen molar-refractivity contribution < 1.29 is 25.8 Å². The molecule has 3 rings (SSSR count). The summed E-state index contributed by atoms with van der Waals surface area (Å²) in [6.07, 6.45) is -3.08. The van der Waals surface area contributed by atoms with E-state index in [4.69, 9.17) is 4.18 Å². The van der Waals surface area contributed by atoms with E-state index in [9.17, 15) is 21.6 Å². The van der Waals surface area contributed by atoms with E-state index in [1.54, 1.807) is 48.5 Å². The molecule has 154 valence electrons. The summed E-state index contributed by atoms with van der Waals surface area (Å²) in [7, 11) is -3.88. The average molecular weight is 442 g/mol. The molecule has 0 saturated heterocycles. The number of rotatable bonds is 8. The average Bonchev–Trinajstić information content (AvgIpc) is 3.03. The summed E-state index contributed by atoms with van der Waals surface area (Å²) in [5.41, 5.74) is 0.907. The molecule has 0 spiro atoms. The van der Waals surface area contributed by atoms with Crippen LogP contribution in [0.15, 0.2) is 72.0 Å². The van der Waals surface area contributed by atoms with Gasteiger partial charge < -0.3 is 8.75 Å². The standard InChI is InChI=1S/C19H17F3N2O3S2/c20-19(21,22)14-24-17(15-7-3-1-4-8-15)13-23-18(24)28-11-12-29(25,26)27-16-9-5-2-6-10-16/h1-10,13H,11-12,14H2. The summed E-state index contributed by atoms with van der Waals surface area (Å²) in [5, 5.41) is 0.0936. The first-order chi connectivity index (χ1) is 13.7. The van der Waals surface area contributed by atoms with Gasteiger partial charge in [0, 0.05) is 5.75 Å². The van der Waals surface area contributed by atoms with Crippen LogP contribution in [-0.4, -0.2) is 35.7 Å². The Morgan fingerprint density at radius 3 is 2.24 bits per heavy atom. The molecule has 0 N–H and O–H groups in total. The highest BCUT2D eigenvalue weighted by Gasteiger charge is 2.31. The number of thioether (sulfide) groups is 1. The van der Waals surface area contributed by atoms with Crippen LogP contribution in [0.5, 0.6) is 5.75 Å². The van der Waals surface area contributed by atoms with Gasteiger partial charge in [0.15, 0.2) is 5.16 Å². The van der Waals surface area contributed by atoms with Crippen LogP contribution in [-0.2, 0) is 16.7 Å². The molecule has 1 heterocycles. The normalized spacial score (nSPS) is 12.1. The number of hydrogen-bond donors (Lipinski definition) is 0. The van der Waals surface area contributed by atoms with E-state index in [2.05, 4.69) is 4.98 Å². The number of hydrogen-bond acceptors (Lipinski definition) is 5. The van der Waals surface area contributed by atoms with Gasteiger partial charge in [0.05, 0.1) is 17.6 Å². The van der Waals surface area contributed by atoms with E-state index < -0.39 is 22.8 Å². The lowest BCUT2D eigenvalue weighted by atomic mass is 10.2. The van der Waals surface area contributed by atoms with E-state index in [1.807, 2.05) is 0 Å². The Bertz CT molecular complexity index is 1040. The fraction of sp³-hybridized carbons (Fsp3) is 0.211. The van der Waals surface area contributed by atoms with Gasteiger partial charge in [-0.1, -0.05) is 60.3 Å². The minimum absolute atomic E-state index is 0.00172. The molecule has 0 radical (unpaired) electrons. The monoisotopic (exact) mass is 442 g/mol. The molecule has 10 heteroatoms. The van der Waals surface area contributed by atoms with Gasteiger partial charge >= 0.3 is 16.3 Å². The molecular weight excluding hydrogens is 425 g/mol. The van der Waals surface area contributed by atoms with Gasteiger partial charge in [0.1, 0.15) is 12.3 Å². The van der Waals surface area contributed by atoms with Gasteiger partial charge in [-0.2, -0.15) is 21.6 Å². The van der Waals surface area contributed by atoms with Crippen molar-refractivity contribution in [3.05, 3.63) is 66.9 Å². The van der Waals surface area contributed by atoms with E-state index in [0.717, 1.165) is 16.3 Å². The predicted molar refractivity (Wildman–Crippen MR) is 105 cm³/mol. The number of imidazole rings is 1. The van der Waals surface area contributed by atoms with Crippen molar-refractivity contribution >= 4 is 21.9 Å². The van der Waals surface area contributed by atoms with E-state index in [-0.39, 0.29) is 22.4 Å². The van der Waals surface area contributed by atoms with Crippen LogP contribution in [0.3, 0.4) is 0 Å². The van der Waals surface area contributed by atoms with Crippen LogP contribution in [0.2, 0.25) is 0 Å². The third-order valence-electron chi connectivity index (χ3n) is 3.76. The number of halogens is 3. The topological polar surface area (TPSA) is 61.2 Å². The Hall–Kier alpha value is -2.46. The highest BCUT2D eigenvalue weighted by atomic mass is 32.2. The minimum Gasteiger partial charge on any atom is -0.382 e. The summed E-state index contributed by atoms with van der Waals surface area (Å²) in [5.74, 6) is -0.188. The maximum atomic E-state index is 13.1. The minimum atomic E-state index is -4.44. The zero-order chi connectivity index (χ0) is 20.9. The highest BCUT2D eigenvalue weighted by molar-refractivity contribution is 8.00. The SMILES string of the molecule is O=S(=O)(CCSc1ncc(-c2ccccc2)n1CC(F)(F)F)Oc1ccccc1. The molecule has 0 saturated carbocycles. The number of aromatic nitrogens is 2. The summed E-state index contributed by atoms with van der Waals surface area (Å²) < 4.78 is 69.4. The fourth-order valence-electron chi connectivity index (χ4n) is 2.54. The first-order valence-electron chi connectivity index (χ1n) is 8.51. The first-order valence-corrected chi connectivity index (χ1v) is 11.1. The third kappa shape index (κ3) is 6.26. The van der Waals surface area contributed by atoms with Crippen molar-refractivity contribution in [2.75, 3.05) is 11.5 Å². The largest absolute Gasteiger partial charge is 0.406 e. The molecule has 2 aromatic carbocycles. The van der Waals surface area contributed by atoms with Gasteiger partial charge in [-0.05, 0) is 17.7 Å². The van der Waals surface area contributed by atoms with Gasteiger partial charge in [-0.15, -0.1) is 0 Å². The van der Waals surface area contributed by atoms with Crippen molar-refractivity contribution in [1.82, 2.24) is 9.55 Å². The molecule has 0 unspecified atom stereocenters. The molecule has 0 aliphatic carbocycles. The van der Waals surface area contributed by atoms with Gasteiger partial charge in [-0.3, -0.25) is 0 Å². The lowest BCUT2D eigenvalue weighted by Crippen LogP contribution is -2.20. The van der Waals surface area contributed by atoms with Gasteiger partial charge in [-0.25, -0.2) is 4.98 Å². The first kappa shape index (κ1) is 21.3. The molecular formula is C19H17F3N2O3S2. The summed E-state index contributed by atoms with van der Waals surface area (Å²) in [4.78, 5) is 4.07. The summed E-state index contributed by atoms with van der Waals surface area (Å²) in [6.45, 7) is -1.22. The van der Waals surface area contributed by atoms with Crippen LogP contribution >= 0.6 is 11.8 Å². The molecule has 3 aromatic rings. The second-order valence-electron chi connectivity index (χ2n) is 6.00. The molecule has 0 atom stereocenters. The second-order valence-corrected chi connectivity index (χ2v) is 8.75. The Morgan fingerprint density at radius 2 is 1.62 bits per heavy atom. The molecule has 5 nitrogen and oxygen atoms in total. The summed E-state index contributed by atoms with van der Waals surface area (Å²) >= 11 is 0.933. The van der Waals surface area contributed by atoms with Crippen molar-refractivity contribution in [2.45, 2.75) is 17.9 Å². The molecule has 0 aliphatic rings. The lowest BCUT2D eigenvalue weighted by molar-refractivity contribution is -0.141. The van der Waals surface area contributed by atoms with E-state index in [0.29, 0.717) is 11.3 Å². The van der Waals surface area contributed by atoms with E-state index in [1.165, 1.54) is 18.3 Å². The Morgan fingerprint density at radius 1 is 1.00 bits per heavy atom. The van der Waals surface area contributed by atoms with Crippen molar-refractivity contribution in [3.63, 3.8) is 0 Å². The second kappa shape index (κ2) is 8.91. The van der Waals surface area contributed by atoms with Gasteiger partial charge in [0.2, 0.25) is 0 Å². The lowest BCUT2D eigenvalue weighted by Gasteiger charge is -2.14. The van der Waals surface area contributed by atoms with Crippen LogP contribution < -0.4 is 4.18 Å². The number of alkyl halides is 3. The number of nitrogens with zero attached hydrogens (tertiary/aromatic N) is 2. The van der Waals surface area contributed by atoms with Gasteiger partial charge in [0.25, 0.3) is 0 Å². The Labute approximate surface area is 170 Å². The molecule has 0 fully saturated rings. The zero-order valence-corrected chi connectivity index (χ0v) is 16.7. The summed E-state index contributed by atoms with van der Waals surface area (Å²) in [6, 6.07) is 16.6. The molecule has 1 aromatic heterocycles. The molecule has 0 bridgehead atoms. The van der Waals surface area contributed by atoms with Crippen molar-refractivity contribution in [3.8, 4) is 17.0 Å². The van der Waals surface area contributed by atoms with Crippen molar-refractivity contribution in [2.24, 2.45) is 0 Å². The number of para-hydroxylation sites is 1. The fourth-order valence-corrected chi connectivity index (χ4v) is 4.81. The Balaban J connectivity index is 1.73. The maximum absolute atomic E-state index is 13.1. The molecule has 0 aliphatic heterocycles. The Kier molecular flexibility index (Phi) is 6.53. The van der Waals surface area contributed by atoms with Crippen molar-refractivity contribution in [1.29, 1.82) is 0 Å². The highest BCUT2D eigenvalue weighted by Crippen LogP contribution is 2.30. The van der Waals surface area contributed by atoms with Crippen LogP contribution in [0.4, 0.5) is 13.2 Å². The van der Waals surface area contributed by atoms with Crippen LogP contribution in [0.25, 0.3) is 11.3 Å². The predicted octanol–water partition coefficient (Wildman–Crippen LogP) is 4.61. The van der Waals surface area contributed by atoms with Crippen LogP contribution in [0, 0.1) is 0 Å². The number of benzene rings is 2. The molecule has 0 amide bonds. The zero-order valence-electron chi connectivity index (χ0n) is 15.0. The quantitative estimate of drug-likeness (QED) is 0.377. The smallest absolute Gasteiger partial charge is 0.382 e. The van der Waals surface area contributed by atoms with E-state index >= 15 is 0 Å². The van der Waals surface area contributed by atoms with Crippen LogP contribution in [0.1, 0.15) is 0 Å². The third-order valence-corrected chi connectivity index (χ3v) is 6.16. The maximum Gasteiger partial charge on any atom is 0.406 e.